The molecule has 1 rings (SSSR count). The number of hydrogen-bond acceptors (Lipinski definition) is 5. The number of carbonyl (C=O) groups is 1. The molecule has 0 bridgehead atoms. The Morgan fingerprint density at radius 2 is 2.00 bits per heavy atom. The van der Waals surface area contributed by atoms with Gasteiger partial charge in [-0.3, -0.25) is 0 Å². The Morgan fingerprint density at radius 1 is 1.37 bits per heavy atom. The van der Waals surface area contributed by atoms with Crippen molar-refractivity contribution in [3.8, 4) is 5.88 Å². The van der Waals surface area contributed by atoms with Gasteiger partial charge in [-0.15, -0.1) is 0 Å². The monoisotopic (exact) mass is 267 g/mol. The fourth-order valence-corrected chi connectivity index (χ4v) is 1.85. The van der Waals surface area contributed by atoms with Gasteiger partial charge in [-0.1, -0.05) is 13.8 Å². The molecule has 19 heavy (non-hydrogen) atoms. The predicted molar refractivity (Wildman–Crippen MR) is 72.5 cm³/mol. The van der Waals surface area contributed by atoms with Crippen molar-refractivity contribution in [2.24, 2.45) is 0 Å². The van der Waals surface area contributed by atoms with Crippen LogP contribution in [0.15, 0.2) is 6.33 Å². The quantitative estimate of drug-likeness (QED) is 0.788. The number of anilines is 1. The molecule has 0 saturated heterocycles. The van der Waals surface area contributed by atoms with Crippen molar-refractivity contribution in [3.05, 3.63) is 11.9 Å². The lowest BCUT2D eigenvalue weighted by molar-refractivity contribution is -0.142. The maximum Gasteiger partial charge on any atom is 0.329 e. The van der Waals surface area contributed by atoms with Crippen LogP contribution in [0.2, 0.25) is 0 Å². The molecule has 0 aliphatic rings. The van der Waals surface area contributed by atoms with Crippen molar-refractivity contribution in [1.82, 2.24) is 9.97 Å². The topological polar surface area (TPSA) is 84.3 Å². The van der Waals surface area contributed by atoms with E-state index < -0.39 is 11.5 Å². The molecule has 1 aromatic rings. The molecule has 0 aromatic carbocycles. The fourth-order valence-electron chi connectivity index (χ4n) is 1.85. The van der Waals surface area contributed by atoms with Crippen LogP contribution in [0, 0.1) is 6.92 Å². The van der Waals surface area contributed by atoms with Crippen molar-refractivity contribution < 1.29 is 14.6 Å². The van der Waals surface area contributed by atoms with Gasteiger partial charge in [0, 0.05) is 0 Å². The summed E-state index contributed by atoms with van der Waals surface area (Å²) in [4.78, 5) is 19.6. The molecule has 1 heterocycles. The van der Waals surface area contributed by atoms with Crippen molar-refractivity contribution in [3.63, 3.8) is 0 Å². The molecular formula is C13H21N3O3. The number of ether oxygens (including phenoxy) is 1. The second kappa shape index (κ2) is 6.36. The van der Waals surface area contributed by atoms with E-state index in [4.69, 9.17) is 4.74 Å². The normalized spacial score (nSPS) is 11.2. The first kappa shape index (κ1) is 15.2. The van der Waals surface area contributed by atoms with Gasteiger partial charge in [-0.25, -0.2) is 14.8 Å². The third-order valence-electron chi connectivity index (χ3n) is 3.29. The Hall–Kier alpha value is -1.85. The van der Waals surface area contributed by atoms with E-state index >= 15 is 0 Å². The fraction of sp³-hybridized carbons (Fsp3) is 0.615. The highest BCUT2D eigenvalue weighted by Crippen LogP contribution is 2.26. The van der Waals surface area contributed by atoms with Crippen LogP contribution >= 0.6 is 0 Å². The molecule has 1 aromatic heterocycles. The van der Waals surface area contributed by atoms with Crippen LogP contribution in [-0.2, 0) is 4.79 Å². The summed E-state index contributed by atoms with van der Waals surface area (Å²) in [5.41, 5.74) is -0.292. The van der Waals surface area contributed by atoms with Crippen LogP contribution < -0.4 is 10.1 Å². The average Bonchev–Trinajstić information content (AvgIpc) is 2.40. The third kappa shape index (κ3) is 3.13. The van der Waals surface area contributed by atoms with Crippen molar-refractivity contribution in [1.29, 1.82) is 0 Å². The first-order chi connectivity index (χ1) is 9.00. The van der Waals surface area contributed by atoms with Crippen LogP contribution in [-0.4, -0.2) is 33.2 Å². The summed E-state index contributed by atoms with van der Waals surface area (Å²) >= 11 is 0. The molecule has 0 aliphatic heterocycles. The van der Waals surface area contributed by atoms with Crippen LogP contribution in [0.4, 0.5) is 5.82 Å². The van der Waals surface area contributed by atoms with Gasteiger partial charge in [-0.2, -0.15) is 0 Å². The number of aliphatic carboxylic acids is 1. The number of nitrogens with zero attached hydrogens (tertiary/aromatic N) is 2. The number of rotatable bonds is 7. The Labute approximate surface area is 113 Å². The zero-order valence-corrected chi connectivity index (χ0v) is 11.9. The molecular weight excluding hydrogens is 246 g/mol. The van der Waals surface area contributed by atoms with Gasteiger partial charge in [0.25, 0.3) is 0 Å². The smallest absolute Gasteiger partial charge is 0.329 e. The van der Waals surface area contributed by atoms with Crippen LogP contribution in [0.25, 0.3) is 0 Å². The third-order valence-corrected chi connectivity index (χ3v) is 3.29. The Balaban J connectivity index is 3.10. The number of carboxylic acids is 1. The zero-order chi connectivity index (χ0) is 14.5. The molecule has 0 saturated carbocycles. The van der Waals surface area contributed by atoms with Crippen molar-refractivity contribution in [2.45, 2.75) is 46.1 Å². The predicted octanol–water partition coefficient (Wildman–Crippen LogP) is 2.24. The molecule has 0 atom stereocenters. The van der Waals surface area contributed by atoms with Crippen LogP contribution in [0.5, 0.6) is 5.88 Å². The molecule has 2 N–H and O–H groups in total. The van der Waals surface area contributed by atoms with Gasteiger partial charge in [0.15, 0.2) is 0 Å². The van der Waals surface area contributed by atoms with E-state index in [1.165, 1.54) is 6.33 Å². The van der Waals surface area contributed by atoms with Gasteiger partial charge in [0.05, 0.1) is 12.2 Å². The van der Waals surface area contributed by atoms with E-state index in [9.17, 15) is 9.90 Å². The van der Waals surface area contributed by atoms with E-state index in [1.54, 1.807) is 0 Å². The van der Waals surface area contributed by atoms with Gasteiger partial charge in [-0.05, 0) is 26.7 Å². The van der Waals surface area contributed by atoms with E-state index in [0.717, 1.165) is 5.56 Å². The van der Waals surface area contributed by atoms with E-state index in [1.807, 2.05) is 27.7 Å². The summed E-state index contributed by atoms with van der Waals surface area (Å²) in [5, 5.41) is 12.4. The Morgan fingerprint density at radius 3 is 2.47 bits per heavy atom. The maximum atomic E-state index is 11.5. The molecule has 0 fully saturated rings. The largest absolute Gasteiger partial charge is 0.480 e. The van der Waals surface area contributed by atoms with Gasteiger partial charge in [0.1, 0.15) is 17.7 Å². The first-order valence-corrected chi connectivity index (χ1v) is 6.46. The standard InChI is InChI=1S/C13H21N3O3/c1-5-13(6-2,12(17)18)16-10-9(4)11(19-7-3)15-8-14-10/h8H,5-7H2,1-4H3,(H,17,18)(H,14,15,16). The van der Waals surface area contributed by atoms with E-state index in [-0.39, 0.29) is 0 Å². The Kier molecular flexibility index (Phi) is 5.09. The lowest BCUT2D eigenvalue weighted by atomic mass is 9.93. The summed E-state index contributed by atoms with van der Waals surface area (Å²) in [5.74, 6) is 0.101. The highest BCUT2D eigenvalue weighted by molar-refractivity contribution is 5.82. The lowest BCUT2D eigenvalue weighted by Gasteiger charge is -2.29. The molecule has 0 spiro atoms. The second-order valence-electron chi connectivity index (χ2n) is 4.30. The summed E-state index contributed by atoms with van der Waals surface area (Å²) in [6.45, 7) is 7.86. The molecule has 6 heteroatoms. The van der Waals surface area contributed by atoms with E-state index in [2.05, 4.69) is 15.3 Å². The minimum atomic E-state index is -1.01. The highest BCUT2D eigenvalue weighted by Gasteiger charge is 2.35. The van der Waals surface area contributed by atoms with Crippen LogP contribution in [0.1, 0.15) is 39.2 Å². The second-order valence-corrected chi connectivity index (χ2v) is 4.30. The summed E-state index contributed by atoms with van der Waals surface area (Å²) in [7, 11) is 0. The van der Waals surface area contributed by atoms with Gasteiger partial charge in [0.2, 0.25) is 5.88 Å². The van der Waals surface area contributed by atoms with Crippen molar-refractivity contribution >= 4 is 11.8 Å². The van der Waals surface area contributed by atoms with E-state index in [0.29, 0.717) is 31.1 Å². The molecule has 0 unspecified atom stereocenters. The number of aromatic nitrogens is 2. The zero-order valence-electron chi connectivity index (χ0n) is 11.9. The lowest BCUT2D eigenvalue weighted by Crippen LogP contribution is -2.45. The number of nitrogens with one attached hydrogen (secondary N) is 1. The van der Waals surface area contributed by atoms with Crippen molar-refractivity contribution in [2.75, 3.05) is 11.9 Å². The molecule has 6 nitrogen and oxygen atoms in total. The summed E-state index contributed by atoms with van der Waals surface area (Å²) in [6, 6.07) is 0. The Bertz CT molecular complexity index is 445. The first-order valence-electron chi connectivity index (χ1n) is 6.46. The number of carboxylic acid groups (broad SMARTS) is 1. The summed E-state index contributed by atoms with van der Waals surface area (Å²) < 4.78 is 5.38. The SMILES string of the molecule is CCOc1ncnc(NC(CC)(CC)C(=O)O)c1C. The molecule has 0 amide bonds. The maximum absolute atomic E-state index is 11.5. The summed E-state index contributed by atoms with van der Waals surface area (Å²) in [6.07, 6.45) is 2.30. The minimum Gasteiger partial charge on any atom is -0.480 e. The molecule has 0 radical (unpaired) electrons. The number of hydrogen-bond donors (Lipinski definition) is 2. The van der Waals surface area contributed by atoms with Crippen LogP contribution in [0.3, 0.4) is 0 Å². The minimum absolute atomic E-state index is 0.465. The van der Waals surface area contributed by atoms with Gasteiger partial charge >= 0.3 is 5.97 Å². The highest BCUT2D eigenvalue weighted by atomic mass is 16.5. The average molecular weight is 267 g/mol. The molecule has 106 valence electrons. The van der Waals surface area contributed by atoms with Gasteiger partial charge < -0.3 is 15.2 Å². The molecule has 0 aliphatic carbocycles.